The van der Waals surface area contributed by atoms with Gasteiger partial charge in [-0.1, -0.05) is 24.3 Å². The quantitative estimate of drug-likeness (QED) is 0.265. The minimum atomic E-state index is -2.87. The summed E-state index contributed by atoms with van der Waals surface area (Å²) in [5.41, 5.74) is 0.406. The monoisotopic (exact) mass is 557 g/mol. The molecule has 12 nitrogen and oxygen atoms in total. The van der Waals surface area contributed by atoms with Crippen molar-refractivity contribution in [2.45, 2.75) is 6.92 Å². The molecule has 1 N–H and O–H groups in total. The highest BCUT2D eigenvalue weighted by molar-refractivity contribution is 7.81. The van der Waals surface area contributed by atoms with E-state index in [0.717, 1.165) is 20.5 Å². The molecule has 2 aromatic carbocycles. The van der Waals surface area contributed by atoms with E-state index in [-0.39, 0.29) is 39.9 Å². The van der Waals surface area contributed by atoms with Crippen LogP contribution in [0.5, 0.6) is 28.9 Å². The number of aromatic nitrogens is 3. The normalized spacial score (nSPS) is 11.5. The zero-order valence-corrected chi connectivity index (χ0v) is 21.9. The van der Waals surface area contributed by atoms with Crippen molar-refractivity contribution >= 4 is 39.5 Å². The van der Waals surface area contributed by atoms with Gasteiger partial charge in [0.1, 0.15) is 5.75 Å². The number of thiazole rings is 1. The van der Waals surface area contributed by atoms with Crippen molar-refractivity contribution in [3.8, 4) is 40.3 Å². The zero-order valence-electron chi connectivity index (χ0n) is 20.3. The van der Waals surface area contributed by atoms with Crippen LogP contribution in [0.3, 0.4) is 0 Å². The highest BCUT2D eigenvalue weighted by Gasteiger charge is 2.28. The Bertz CT molecular complexity index is 1480. The first kappa shape index (κ1) is 26.8. The lowest BCUT2D eigenvalue weighted by Gasteiger charge is -2.25. The second-order valence-corrected chi connectivity index (χ2v) is 9.45. The lowest BCUT2D eigenvalue weighted by Crippen LogP contribution is -2.22. The van der Waals surface area contributed by atoms with Crippen molar-refractivity contribution in [2.24, 2.45) is 0 Å². The van der Waals surface area contributed by atoms with Crippen LogP contribution in [0, 0.1) is 6.92 Å². The third-order valence-electron chi connectivity index (χ3n) is 4.87. The number of aryl methyl sites for hydroxylation is 1. The van der Waals surface area contributed by atoms with Crippen LogP contribution in [0.15, 0.2) is 54.7 Å². The van der Waals surface area contributed by atoms with Gasteiger partial charge in [0.05, 0.1) is 25.5 Å². The Balaban J connectivity index is 1.91. The number of para-hydroxylation sites is 2. The van der Waals surface area contributed by atoms with Crippen molar-refractivity contribution in [3.63, 3.8) is 0 Å². The summed E-state index contributed by atoms with van der Waals surface area (Å²) in [6, 6.07) is 13.1. The van der Waals surface area contributed by atoms with E-state index in [9.17, 15) is 13.6 Å². The first-order chi connectivity index (χ1) is 18.3. The van der Waals surface area contributed by atoms with E-state index in [1.807, 2.05) is 0 Å². The Labute approximate surface area is 223 Å². The lowest BCUT2D eigenvalue weighted by molar-refractivity contribution is -0.139. The van der Waals surface area contributed by atoms with Crippen LogP contribution in [0.2, 0.25) is 0 Å². The van der Waals surface area contributed by atoms with Gasteiger partial charge in [-0.05, 0) is 31.2 Å². The predicted octanol–water partition coefficient (Wildman–Crippen LogP) is 4.11. The average Bonchev–Trinajstić information content (AvgIpc) is 3.33. The Morgan fingerprint density at radius 3 is 2.50 bits per heavy atom. The molecule has 0 radical (unpaired) electrons. The second-order valence-electron chi connectivity index (χ2n) is 7.44. The maximum atomic E-state index is 12.5. The summed E-state index contributed by atoms with van der Waals surface area (Å²) in [5.74, 6) is -0.516. The number of ether oxygens (including phenoxy) is 4. The average molecular weight is 558 g/mol. The molecule has 0 amide bonds. The number of hydrogen-bond donors (Lipinski definition) is 1. The summed E-state index contributed by atoms with van der Waals surface area (Å²) in [7, 11) is 2.82. The predicted molar refractivity (Wildman–Crippen MR) is 138 cm³/mol. The SMILES string of the molecule is COc1ccccc1Oc1c(OC)nc(-c2cccc(OCC(=O)O)c2)nc1N(c1ncc(C)s1)S(=O)[O-]. The lowest BCUT2D eigenvalue weighted by atomic mass is 10.2. The number of methoxy groups -OCH3 is 2. The van der Waals surface area contributed by atoms with Crippen molar-refractivity contribution < 1.29 is 37.6 Å². The van der Waals surface area contributed by atoms with Gasteiger partial charge >= 0.3 is 5.97 Å². The molecule has 0 saturated heterocycles. The Morgan fingerprint density at radius 2 is 1.87 bits per heavy atom. The summed E-state index contributed by atoms with van der Waals surface area (Å²) in [6.07, 6.45) is 1.53. The fraction of sp³-hybridized carbons (Fsp3) is 0.167. The van der Waals surface area contributed by atoms with E-state index in [1.165, 1.54) is 26.5 Å². The number of carboxylic acids is 1. The smallest absolute Gasteiger partial charge is 0.341 e. The van der Waals surface area contributed by atoms with Gasteiger partial charge in [-0.3, -0.25) is 4.21 Å². The number of benzene rings is 2. The Hall–Kier alpha value is -4.27. The van der Waals surface area contributed by atoms with Gasteiger partial charge in [-0.2, -0.15) is 4.98 Å². The number of aliphatic carboxylic acids is 1. The second kappa shape index (κ2) is 11.9. The van der Waals surface area contributed by atoms with E-state index in [0.29, 0.717) is 11.3 Å². The number of carbonyl (C=O) groups is 1. The Morgan fingerprint density at radius 1 is 1.11 bits per heavy atom. The van der Waals surface area contributed by atoms with E-state index in [2.05, 4.69) is 15.0 Å². The molecule has 2 heterocycles. The van der Waals surface area contributed by atoms with Gasteiger partial charge in [-0.15, -0.1) is 11.3 Å². The van der Waals surface area contributed by atoms with Crippen molar-refractivity contribution in [1.29, 1.82) is 0 Å². The molecule has 38 heavy (non-hydrogen) atoms. The molecular weight excluding hydrogens is 536 g/mol. The van der Waals surface area contributed by atoms with Crippen molar-refractivity contribution in [1.82, 2.24) is 15.0 Å². The molecule has 0 aliphatic heterocycles. The van der Waals surface area contributed by atoms with Crippen LogP contribution in [0.4, 0.5) is 10.9 Å². The number of carboxylic acid groups (broad SMARTS) is 1. The van der Waals surface area contributed by atoms with Gasteiger partial charge in [0.25, 0.3) is 5.88 Å². The van der Waals surface area contributed by atoms with Crippen LogP contribution < -0.4 is 23.3 Å². The molecule has 0 spiro atoms. The van der Waals surface area contributed by atoms with Gasteiger partial charge in [0.15, 0.2) is 29.7 Å². The zero-order chi connectivity index (χ0) is 27.2. The summed E-state index contributed by atoms with van der Waals surface area (Å²) in [4.78, 5) is 24.8. The molecule has 2 aromatic heterocycles. The van der Waals surface area contributed by atoms with E-state index in [1.54, 1.807) is 49.4 Å². The molecule has 0 aliphatic carbocycles. The van der Waals surface area contributed by atoms with Crippen LogP contribution >= 0.6 is 11.3 Å². The molecule has 1 atom stereocenters. The molecule has 0 fully saturated rings. The molecule has 0 aliphatic rings. The molecule has 0 bridgehead atoms. The van der Waals surface area contributed by atoms with E-state index < -0.39 is 23.8 Å². The fourth-order valence-corrected chi connectivity index (χ4v) is 4.66. The minimum absolute atomic E-state index is 0.0636. The molecule has 14 heteroatoms. The van der Waals surface area contributed by atoms with Gasteiger partial charge < -0.3 is 28.6 Å². The summed E-state index contributed by atoms with van der Waals surface area (Å²) < 4.78 is 48.1. The highest BCUT2D eigenvalue weighted by atomic mass is 32.2. The first-order valence-electron chi connectivity index (χ1n) is 10.8. The van der Waals surface area contributed by atoms with E-state index >= 15 is 0 Å². The molecule has 198 valence electrons. The number of nitrogens with zero attached hydrogens (tertiary/aromatic N) is 4. The molecule has 1 unspecified atom stereocenters. The summed E-state index contributed by atoms with van der Waals surface area (Å²) in [5, 5.41) is 9.04. The third-order valence-corrected chi connectivity index (χ3v) is 6.53. The van der Waals surface area contributed by atoms with Gasteiger partial charge in [-0.25, -0.2) is 19.1 Å². The maximum Gasteiger partial charge on any atom is 0.341 e. The van der Waals surface area contributed by atoms with Crippen molar-refractivity contribution in [3.05, 3.63) is 59.6 Å². The summed E-state index contributed by atoms with van der Waals surface area (Å²) in [6.45, 7) is 1.24. The van der Waals surface area contributed by atoms with Crippen molar-refractivity contribution in [2.75, 3.05) is 25.1 Å². The highest BCUT2D eigenvalue weighted by Crippen LogP contribution is 2.45. The first-order valence-corrected chi connectivity index (χ1v) is 12.7. The number of rotatable bonds is 11. The maximum absolute atomic E-state index is 12.5. The van der Waals surface area contributed by atoms with Gasteiger partial charge in [0.2, 0.25) is 10.9 Å². The standard InChI is InChI=1S/C24H22N4O8S2/c1-14-12-25-24(37-14)28(38(31)32)22-20(36-18-10-5-4-9-17(18)33-2)23(34-3)27-21(26-22)15-7-6-8-16(11-15)35-13-19(29)30/h4-12H,13H2,1-3H3,(H,29,30)(H,31,32)/p-1. The molecular formula is C24H21N4O8S2-. The molecule has 0 saturated carbocycles. The topological polar surface area (TPSA) is 156 Å². The third kappa shape index (κ3) is 5.99. The van der Waals surface area contributed by atoms with E-state index in [4.69, 9.17) is 24.1 Å². The van der Waals surface area contributed by atoms with Crippen LogP contribution in [-0.2, 0) is 16.1 Å². The van der Waals surface area contributed by atoms with Gasteiger partial charge in [0, 0.05) is 16.6 Å². The molecule has 4 aromatic rings. The Kier molecular flexibility index (Phi) is 8.35. The summed E-state index contributed by atoms with van der Waals surface area (Å²) >= 11 is -1.74. The number of hydrogen-bond acceptors (Lipinski definition) is 11. The largest absolute Gasteiger partial charge is 0.755 e. The minimum Gasteiger partial charge on any atom is -0.755 e. The molecule has 4 rings (SSSR count). The van der Waals surface area contributed by atoms with Crippen LogP contribution in [-0.4, -0.2) is 55.6 Å². The van der Waals surface area contributed by atoms with Crippen LogP contribution in [0.25, 0.3) is 11.4 Å². The fourth-order valence-electron chi connectivity index (χ4n) is 3.26. The number of anilines is 2. The van der Waals surface area contributed by atoms with Crippen LogP contribution in [0.1, 0.15) is 4.88 Å².